The standard InChI is InChI=1S/C18H16Cl3N3O/c1-18(10-24-12-22-11-23-24,16-7-6-15(20)8-17(16)21)25-9-13-2-4-14(19)5-3-13/h2-8,11-12H,9-10H2,1H3. The lowest BCUT2D eigenvalue weighted by molar-refractivity contribution is -0.0622. The van der Waals surface area contributed by atoms with Crippen molar-refractivity contribution in [1.29, 1.82) is 0 Å². The summed E-state index contributed by atoms with van der Waals surface area (Å²) in [7, 11) is 0. The van der Waals surface area contributed by atoms with Gasteiger partial charge in [0.2, 0.25) is 0 Å². The average Bonchev–Trinajstić information content (AvgIpc) is 3.07. The molecule has 25 heavy (non-hydrogen) atoms. The van der Waals surface area contributed by atoms with Crippen LogP contribution < -0.4 is 0 Å². The van der Waals surface area contributed by atoms with E-state index < -0.39 is 5.60 Å². The van der Waals surface area contributed by atoms with Gasteiger partial charge in [0, 0.05) is 20.6 Å². The van der Waals surface area contributed by atoms with Gasteiger partial charge >= 0.3 is 0 Å². The van der Waals surface area contributed by atoms with E-state index in [1.54, 1.807) is 23.1 Å². The predicted octanol–water partition coefficient (Wildman–Crippen LogP) is 5.37. The first-order valence-electron chi connectivity index (χ1n) is 7.63. The van der Waals surface area contributed by atoms with Crippen LogP contribution in [0.25, 0.3) is 0 Å². The lowest BCUT2D eigenvalue weighted by atomic mass is 9.95. The largest absolute Gasteiger partial charge is 0.364 e. The molecule has 0 aliphatic heterocycles. The van der Waals surface area contributed by atoms with Crippen LogP contribution in [-0.2, 0) is 23.5 Å². The van der Waals surface area contributed by atoms with Gasteiger partial charge in [-0.3, -0.25) is 0 Å². The monoisotopic (exact) mass is 395 g/mol. The third kappa shape index (κ3) is 4.53. The Morgan fingerprint density at radius 2 is 1.76 bits per heavy atom. The van der Waals surface area contributed by atoms with Crippen molar-refractivity contribution in [1.82, 2.24) is 14.8 Å². The van der Waals surface area contributed by atoms with Gasteiger partial charge in [0.05, 0.1) is 13.2 Å². The molecule has 0 N–H and O–H groups in total. The van der Waals surface area contributed by atoms with Crippen LogP contribution in [-0.4, -0.2) is 14.8 Å². The number of rotatable bonds is 6. The molecule has 1 atom stereocenters. The van der Waals surface area contributed by atoms with Crippen LogP contribution in [0.1, 0.15) is 18.1 Å². The SMILES string of the molecule is CC(Cn1cncn1)(OCc1ccc(Cl)cc1)c1ccc(Cl)cc1Cl. The first kappa shape index (κ1) is 18.2. The zero-order valence-corrected chi connectivity index (χ0v) is 15.8. The third-order valence-corrected chi connectivity index (χ3v) is 4.70. The molecule has 0 amide bonds. The van der Waals surface area contributed by atoms with Crippen LogP contribution >= 0.6 is 34.8 Å². The molecule has 2 aromatic carbocycles. The van der Waals surface area contributed by atoms with E-state index in [1.165, 1.54) is 6.33 Å². The minimum atomic E-state index is -0.713. The second kappa shape index (κ2) is 7.75. The normalized spacial score (nSPS) is 13.6. The zero-order valence-electron chi connectivity index (χ0n) is 13.5. The third-order valence-electron chi connectivity index (χ3n) is 3.90. The highest BCUT2D eigenvalue weighted by atomic mass is 35.5. The Morgan fingerprint density at radius 3 is 2.40 bits per heavy atom. The molecule has 0 spiro atoms. The number of nitrogens with zero attached hydrogens (tertiary/aromatic N) is 3. The highest BCUT2D eigenvalue weighted by molar-refractivity contribution is 6.35. The van der Waals surface area contributed by atoms with Gasteiger partial charge in [0.15, 0.2) is 0 Å². The molecule has 0 fully saturated rings. The van der Waals surface area contributed by atoms with Crippen molar-refractivity contribution in [3.05, 3.63) is 81.3 Å². The van der Waals surface area contributed by atoms with Gasteiger partial charge in [-0.2, -0.15) is 5.10 Å². The molecule has 3 aromatic rings. The van der Waals surface area contributed by atoms with Crippen molar-refractivity contribution in [2.45, 2.75) is 25.7 Å². The lowest BCUT2D eigenvalue weighted by Gasteiger charge is -2.31. The molecule has 1 heterocycles. The van der Waals surface area contributed by atoms with Gasteiger partial charge in [-0.15, -0.1) is 0 Å². The second-order valence-corrected chi connectivity index (χ2v) is 7.14. The fraction of sp³-hybridized carbons (Fsp3) is 0.222. The van der Waals surface area contributed by atoms with Gasteiger partial charge in [-0.05, 0) is 36.8 Å². The average molecular weight is 397 g/mol. The lowest BCUT2D eigenvalue weighted by Crippen LogP contribution is -2.32. The molecule has 0 bridgehead atoms. The Labute approximate surface area is 161 Å². The maximum absolute atomic E-state index is 6.43. The zero-order chi connectivity index (χ0) is 17.9. The van der Waals surface area contributed by atoms with E-state index in [9.17, 15) is 0 Å². The number of hydrogen-bond acceptors (Lipinski definition) is 3. The van der Waals surface area contributed by atoms with Crippen LogP contribution in [0.2, 0.25) is 15.1 Å². The van der Waals surface area contributed by atoms with Crippen molar-refractivity contribution in [3.63, 3.8) is 0 Å². The summed E-state index contributed by atoms with van der Waals surface area (Å²) in [5.41, 5.74) is 1.14. The van der Waals surface area contributed by atoms with E-state index in [1.807, 2.05) is 37.3 Å². The number of benzene rings is 2. The van der Waals surface area contributed by atoms with Crippen LogP contribution in [0.3, 0.4) is 0 Å². The summed E-state index contributed by atoms with van der Waals surface area (Å²) < 4.78 is 7.99. The summed E-state index contributed by atoms with van der Waals surface area (Å²) in [6.45, 7) is 2.84. The molecule has 4 nitrogen and oxygen atoms in total. The van der Waals surface area contributed by atoms with Crippen molar-refractivity contribution in [2.75, 3.05) is 0 Å². The molecule has 0 aliphatic rings. The summed E-state index contributed by atoms with van der Waals surface area (Å²) in [5.74, 6) is 0. The van der Waals surface area contributed by atoms with E-state index in [-0.39, 0.29) is 0 Å². The van der Waals surface area contributed by atoms with Gasteiger partial charge < -0.3 is 4.74 Å². The molecule has 0 saturated carbocycles. The molecule has 1 unspecified atom stereocenters. The number of aromatic nitrogens is 3. The molecule has 0 radical (unpaired) electrons. The number of hydrogen-bond donors (Lipinski definition) is 0. The topological polar surface area (TPSA) is 39.9 Å². The fourth-order valence-electron chi connectivity index (χ4n) is 2.57. The Kier molecular flexibility index (Phi) is 5.64. The van der Waals surface area contributed by atoms with Crippen LogP contribution in [0.15, 0.2) is 55.1 Å². The number of ether oxygens (including phenoxy) is 1. The Balaban J connectivity index is 1.89. The van der Waals surface area contributed by atoms with Crippen molar-refractivity contribution < 1.29 is 4.74 Å². The molecular formula is C18H16Cl3N3O. The van der Waals surface area contributed by atoms with Gasteiger partial charge in [0.25, 0.3) is 0 Å². The van der Waals surface area contributed by atoms with Gasteiger partial charge in [-0.25, -0.2) is 9.67 Å². The van der Waals surface area contributed by atoms with Gasteiger partial charge in [0.1, 0.15) is 18.3 Å². The van der Waals surface area contributed by atoms with Crippen LogP contribution in [0.4, 0.5) is 0 Å². The summed E-state index contributed by atoms with van der Waals surface area (Å²) in [6, 6.07) is 12.9. The van der Waals surface area contributed by atoms with Crippen LogP contribution in [0, 0.1) is 0 Å². The first-order valence-corrected chi connectivity index (χ1v) is 8.76. The summed E-state index contributed by atoms with van der Waals surface area (Å²) >= 11 is 18.4. The first-order chi connectivity index (χ1) is 12.0. The molecule has 7 heteroatoms. The van der Waals surface area contributed by atoms with Crippen LogP contribution in [0.5, 0.6) is 0 Å². The molecular weight excluding hydrogens is 381 g/mol. The molecule has 0 saturated heterocycles. The quantitative estimate of drug-likeness (QED) is 0.562. The molecule has 3 rings (SSSR count). The summed E-state index contributed by atoms with van der Waals surface area (Å²) in [5, 5.41) is 5.99. The minimum absolute atomic E-state index is 0.404. The maximum atomic E-state index is 6.43. The molecule has 0 aliphatic carbocycles. The van der Waals surface area contributed by atoms with E-state index in [0.29, 0.717) is 28.2 Å². The smallest absolute Gasteiger partial charge is 0.137 e. The van der Waals surface area contributed by atoms with Crippen molar-refractivity contribution in [2.24, 2.45) is 0 Å². The second-order valence-electron chi connectivity index (χ2n) is 5.86. The Morgan fingerprint density at radius 1 is 1.04 bits per heavy atom. The highest BCUT2D eigenvalue weighted by Crippen LogP contribution is 2.35. The maximum Gasteiger partial charge on any atom is 0.137 e. The summed E-state index contributed by atoms with van der Waals surface area (Å²) in [6.07, 6.45) is 3.14. The predicted molar refractivity (Wildman–Crippen MR) is 100 cm³/mol. The van der Waals surface area contributed by atoms with E-state index in [4.69, 9.17) is 39.5 Å². The molecule has 1 aromatic heterocycles. The van der Waals surface area contributed by atoms with Crippen molar-refractivity contribution in [3.8, 4) is 0 Å². The Hall–Kier alpha value is -1.59. The Bertz CT molecular complexity index is 837. The van der Waals surface area contributed by atoms with E-state index in [2.05, 4.69) is 10.1 Å². The highest BCUT2D eigenvalue weighted by Gasteiger charge is 2.31. The van der Waals surface area contributed by atoms with Crippen molar-refractivity contribution >= 4 is 34.8 Å². The summed E-state index contributed by atoms with van der Waals surface area (Å²) in [4.78, 5) is 3.99. The minimum Gasteiger partial charge on any atom is -0.364 e. The van der Waals surface area contributed by atoms with E-state index >= 15 is 0 Å². The van der Waals surface area contributed by atoms with Gasteiger partial charge in [-0.1, -0.05) is 53.0 Å². The van der Waals surface area contributed by atoms with E-state index in [0.717, 1.165) is 11.1 Å². The fourth-order valence-corrected chi connectivity index (χ4v) is 3.31. The molecule has 130 valence electrons. The number of halogens is 3.